The van der Waals surface area contributed by atoms with Gasteiger partial charge in [-0.05, 0) is 41.5 Å². The first-order valence-electron chi connectivity index (χ1n) is 9.18. The zero-order chi connectivity index (χ0) is 17.9. The summed E-state index contributed by atoms with van der Waals surface area (Å²) < 4.78 is 13.4. The van der Waals surface area contributed by atoms with Crippen molar-refractivity contribution < 1.29 is 9.47 Å². The second-order valence-electron chi connectivity index (χ2n) is 6.77. The highest BCUT2D eigenvalue weighted by Crippen LogP contribution is 2.28. The van der Waals surface area contributed by atoms with Crippen molar-refractivity contribution in [3.8, 4) is 5.75 Å². The van der Waals surface area contributed by atoms with Crippen LogP contribution in [-0.2, 0) is 17.8 Å². The number of nitrogens with zero attached hydrogens (tertiary/aromatic N) is 3. The van der Waals surface area contributed by atoms with Gasteiger partial charge in [-0.2, -0.15) is 5.10 Å². The molecule has 1 atom stereocenters. The molecule has 136 valence electrons. The van der Waals surface area contributed by atoms with Gasteiger partial charge in [0.05, 0.1) is 26.0 Å². The fourth-order valence-corrected chi connectivity index (χ4v) is 3.54. The van der Waals surface area contributed by atoms with Crippen LogP contribution in [0.3, 0.4) is 0 Å². The number of hydrogen-bond acceptors (Lipinski definition) is 4. The summed E-state index contributed by atoms with van der Waals surface area (Å²) >= 11 is 0. The van der Waals surface area contributed by atoms with Gasteiger partial charge in [-0.25, -0.2) is 0 Å². The van der Waals surface area contributed by atoms with Gasteiger partial charge in [0.2, 0.25) is 0 Å². The highest BCUT2D eigenvalue weighted by molar-refractivity contribution is 5.84. The van der Waals surface area contributed by atoms with E-state index >= 15 is 0 Å². The molecule has 0 radical (unpaired) electrons. The molecular weight excluding hydrogens is 326 g/mol. The quantitative estimate of drug-likeness (QED) is 0.704. The van der Waals surface area contributed by atoms with Crippen molar-refractivity contribution in [2.45, 2.75) is 26.1 Å². The van der Waals surface area contributed by atoms with Gasteiger partial charge in [0.25, 0.3) is 0 Å². The molecule has 2 aromatic carbocycles. The van der Waals surface area contributed by atoms with Crippen LogP contribution in [0.15, 0.2) is 48.8 Å². The number of aromatic nitrogens is 2. The van der Waals surface area contributed by atoms with Crippen molar-refractivity contribution in [2.75, 3.05) is 26.8 Å². The van der Waals surface area contributed by atoms with E-state index < -0.39 is 0 Å². The van der Waals surface area contributed by atoms with Gasteiger partial charge in [0, 0.05) is 37.9 Å². The third kappa shape index (κ3) is 3.59. The lowest BCUT2D eigenvalue weighted by atomic mass is 10.0. The lowest BCUT2D eigenvalue weighted by molar-refractivity contribution is -0.0328. The molecule has 0 spiro atoms. The molecule has 0 saturated carbocycles. The maximum atomic E-state index is 6.06. The smallest absolute Gasteiger partial charge is 0.119 e. The zero-order valence-electron chi connectivity index (χ0n) is 15.4. The molecule has 1 fully saturated rings. The predicted octanol–water partition coefficient (Wildman–Crippen LogP) is 3.64. The van der Waals surface area contributed by atoms with Crippen LogP contribution in [0.25, 0.3) is 10.8 Å². The summed E-state index contributed by atoms with van der Waals surface area (Å²) in [6.07, 6.45) is 4.21. The Kier molecular flexibility index (Phi) is 4.91. The van der Waals surface area contributed by atoms with Crippen molar-refractivity contribution in [3.05, 3.63) is 59.9 Å². The zero-order valence-corrected chi connectivity index (χ0v) is 15.4. The van der Waals surface area contributed by atoms with Crippen LogP contribution in [0.2, 0.25) is 0 Å². The molecule has 3 aromatic rings. The van der Waals surface area contributed by atoms with Crippen LogP contribution in [-0.4, -0.2) is 41.5 Å². The molecular formula is C21H25N3O2. The van der Waals surface area contributed by atoms with E-state index in [9.17, 15) is 0 Å². The molecule has 0 aliphatic carbocycles. The first kappa shape index (κ1) is 17.1. The second kappa shape index (κ2) is 7.48. The summed E-state index contributed by atoms with van der Waals surface area (Å²) in [5.74, 6) is 0.887. The molecule has 0 bridgehead atoms. The third-order valence-corrected chi connectivity index (χ3v) is 5.01. The van der Waals surface area contributed by atoms with E-state index in [2.05, 4.69) is 53.5 Å². The Morgan fingerprint density at radius 3 is 2.85 bits per heavy atom. The van der Waals surface area contributed by atoms with Gasteiger partial charge in [-0.3, -0.25) is 9.58 Å². The van der Waals surface area contributed by atoms with Crippen LogP contribution >= 0.6 is 0 Å². The third-order valence-electron chi connectivity index (χ3n) is 5.01. The molecule has 4 rings (SSSR count). The van der Waals surface area contributed by atoms with Gasteiger partial charge in [-0.15, -0.1) is 0 Å². The van der Waals surface area contributed by atoms with Crippen molar-refractivity contribution in [3.63, 3.8) is 0 Å². The lowest BCUT2D eigenvalue weighted by Gasteiger charge is -2.33. The van der Waals surface area contributed by atoms with E-state index in [-0.39, 0.29) is 6.10 Å². The Bertz CT molecular complexity index is 890. The normalized spacial score (nSPS) is 18.3. The Balaban J connectivity index is 1.49. The summed E-state index contributed by atoms with van der Waals surface area (Å²) in [6.45, 7) is 6.56. The van der Waals surface area contributed by atoms with Crippen LogP contribution < -0.4 is 4.74 Å². The van der Waals surface area contributed by atoms with E-state index in [1.54, 1.807) is 7.11 Å². The summed E-state index contributed by atoms with van der Waals surface area (Å²) in [4.78, 5) is 2.45. The summed E-state index contributed by atoms with van der Waals surface area (Å²) in [5, 5.41) is 6.78. The monoisotopic (exact) mass is 351 g/mol. The van der Waals surface area contributed by atoms with Crippen molar-refractivity contribution in [1.29, 1.82) is 0 Å². The Morgan fingerprint density at radius 2 is 2.04 bits per heavy atom. The van der Waals surface area contributed by atoms with Crippen LogP contribution in [0.1, 0.15) is 24.2 Å². The molecule has 26 heavy (non-hydrogen) atoms. The molecule has 5 heteroatoms. The first-order chi connectivity index (χ1) is 12.7. The molecule has 0 N–H and O–H groups in total. The van der Waals surface area contributed by atoms with Crippen molar-refractivity contribution in [1.82, 2.24) is 14.7 Å². The van der Waals surface area contributed by atoms with Gasteiger partial charge < -0.3 is 9.47 Å². The van der Waals surface area contributed by atoms with Crippen molar-refractivity contribution in [2.24, 2.45) is 0 Å². The molecule has 1 aliphatic heterocycles. The molecule has 1 unspecified atom stereocenters. The minimum Gasteiger partial charge on any atom is -0.497 e. The summed E-state index contributed by atoms with van der Waals surface area (Å²) in [6, 6.07) is 12.7. The van der Waals surface area contributed by atoms with E-state index in [4.69, 9.17) is 9.47 Å². The van der Waals surface area contributed by atoms with Gasteiger partial charge >= 0.3 is 0 Å². The molecule has 5 nitrogen and oxygen atoms in total. The van der Waals surface area contributed by atoms with E-state index in [0.29, 0.717) is 0 Å². The number of aryl methyl sites for hydroxylation is 1. The molecule has 1 aliphatic rings. The number of methoxy groups -OCH3 is 1. The predicted molar refractivity (Wildman–Crippen MR) is 102 cm³/mol. The Labute approximate surface area is 154 Å². The molecule has 1 saturated heterocycles. The number of ether oxygens (including phenoxy) is 2. The maximum absolute atomic E-state index is 6.06. The Morgan fingerprint density at radius 1 is 1.19 bits per heavy atom. The van der Waals surface area contributed by atoms with E-state index in [1.807, 2.05) is 16.9 Å². The number of benzene rings is 2. The average Bonchev–Trinajstić information content (AvgIpc) is 3.15. The van der Waals surface area contributed by atoms with Crippen LogP contribution in [0, 0.1) is 0 Å². The highest BCUT2D eigenvalue weighted by atomic mass is 16.5. The van der Waals surface area contributed by atoms with Crippen molar-refractivity contribution >= 4 is 10.8 Å². The average molecular weight is 351 g/mol. The topological polar surface area (TPSA) is 39.5 Å². The van der Waals surface area contributed by atoms with Crippen LogP contribution in [0.4, 0.5) is 0 Å². The standard InChI is InChI=1S/C21H25N3O2/c1-3-24-14-16(12-22-24)13-23-8-9-26-21(15-23)19-5-4-18-11-20(25-2)7-6-17(18)10-19/h4-7,10-12,14,21H,3,8-9,13,15H2,1-2H3. The minimum absolute atomic E-state index is 0.108. The summed E-state index contributed by atoms with van der Waals surface area (Å²) in [5.41, 5.74) is 2.50. The fourth-order valence-electron chi connectivity index (χ4n) is 3.54. The molecule has 0 amide bonds. The largest absolute Gasteiger partial charge is 0.497 e. The van der Waals surface area contributed by atoms with Crippen LogP contribution in [0.5, 0.6) is 5.75 Å². The maximum Gasteiger partial charge on any atom is 0.119 e. The number of fused-ring (bicyclic) bond motifs is 1. The lowest BCUT2D eigenvalue weighted by Crippen LogP contribution is -2.37. The summed E-state index contributed by atoms with van der Waals surface area (Å²) in [7, 11) is 1.70. The van der Waals surface area contributed by atoms with Gasteiger partial charge in [0.15, 0.2) is 0 Å². The molecule has 1 aromatic heterocycles. The minimum atomic E-state index is 0.108. The molecule has 2 heterocycles. The number of rotatable bonds is 5. The number of morpholine rings is 1. The Hall–Kier alpha value is -2.37. The van der Waals surface area contributed by atoms with E-state index in [1.165, 1.54) is 21.9 Å². The SMILES string of the molecule is CCn1cc(CN2CCOC(c3ccc4cc(OC)ccc4c3)C2)cn1. The first-order valence-corrected chi connectivity index (χ1v) is 9.18. The van der Waals surface area contributed by atoms with Gasteiger partial charge in [-0.1, -0.05) is 18.2 Å². The second-order valence-corrected chi connectivity index (χ2v) is 6.77. The number of hydrogen-bond donors (Lipinski definition) is 0. The van der Waals surface area contributed by atoms with Gasteiger partial charge in [0.1, 0.15) is 5.75 Å². The van der Waals surface area contributed by atoms with E-state index in [0.717, 1.165) is 38.5 Å². The fraction of sp³-hybridized carbons (Fsp3) is 0.381. The highest BCUT2D eigenvalue weighted by Gasteiger charge is 2.22.